The summed E-state index contributed by atoms with van der Waals surface area (Å²) in [6.45, 7) is 2.37. The molecule has 0 saturated carbocycles. The van der Waals surface area contributed by atoms with Crippen molar-refractivity contribution in [2.75, 3.05) is 19.7 Å². The van der Waals surface area contributed by atoms with Gasteiger partial charge in [-0.05, 0) is 18.6 Å². The number of unbranched alkanes of at least 4 members (excludes halogenated alkanes) is 2. The van der Waals surface area contributed by atoms with E-state index < -0.39 is 16.0 Å². The second kappa shape index (κ2) is 9.33. The Labute approximate surface area is 153 Å². The fourth-order valence-electron chi connectivity index (χ4n) is 2.38. The van der Waals surface area contributed by atoms with E-state index in [0.29, 0.717) is 12.1 Å². The van der Waals surface area contributed by atoms with Gasteiger partial charge in [0.05, 0.1) is 17.9 Å². The van der Waals surface area contributed by atoms with Gasteiger partial charge in [-0.1, -0.05) is 31.9 Å². The third-order valence-electron chi connectivity index (χ3n) is 3.72. The molecular formula is C17H23N3O5S. The predicted molar refractivity (Wildman–Crippen MR) is 96.3 cm³/mol. The maximum Gasteiger partial charge on any atom is 0.308 e. The molecule has 0 spiro atoms. The molecular weight excluding hydrogens is 358 g/mol. The summed E-state index contributed by atoms with van der Waals surface area (Å²) in [4.78, 5) is 27.5. The summed E-state index contributed by atoms with van der Waals surface area (Å²) in [6.07, 6.45) is 2.95. The summed E-state index contributed by atoms with van der Waals surface area (Å²) >= 11 is 0. The molecule has 0 saturated heterocycles. The molecule has 26 heavy (non-hydrogen) atoms. The first-order valence-electron chi connectivity index (χ1n) is 8.53. The first kappa shape index (κ1) is 19.9. The van der Waals surface area contributed by atoms with Crippen LogP contribution in [0.4, 0.5) is 0 Å². The SMILES string of the molecule is CCCCCNC(=O)COC(=O)CCN=C1NS(=O)(=O)c2ccccc21. The lowest BCUT2D eigenvalue weighted by Gasteiger charge is -2.06. The van der Waals surface area contributed by atoms with Crippen molar-refractivity contribution in [2.45, 2.75) is 37.5 Å². The van der Waals surface area contributed by atoms with Gasteiger partial charge in [0.15, 0.2) is 6.61 Å². The highest BCUT2D eigenvalue weighted by Crippen LogP contribution is 2.22. The lowest BCUT2D eigenvalue weighted by atomic mass is 10.2. The first-order valence-corrected chi connectivity index (χ1v) is 10.0. The zero-order valence-corrected chi connectivity index (χ0v) is 15.5. The number of nitrogens with one attached hydrogen (secondary N) is 2. The molecule has 0 unspecified atom stereocenters. The maximum absolute atomic E-state index is 11.9. The Hall–Kier alpha value is -2.42. The third-order valence-corrected chi connectivity index (χ3v) is 5.11. The predicted octanol–water partition coefficient (Wildman–Crippen LogP) is 0.965. The van der Waals surface area contributed by atoms with Gasteiger partial charge >= 0.3 is 5.97 Å². The lowest BCUT2D eigenvalue weighted by Crippen LogP contribution is -2.29. The Morgan fingerprint density at radius 1 is 1.23 bits per heavy atom. The quantitative estimate of drug-likeness (QED) is 0.489. The summed E-state index contributed by atoms with van der Waals surface area (Å²) in [5.41, 5.74) is 0.479. The van der Waals surface area contributed by atoms with E-state index in [2.05, 4.69) is 22.0 Å². The maximum atomic E-state index is 11.9. The van der Waals surface area contributed by atoms with E-state index in [-0.39, 0.29) is 36.2 Å². The smallest absolute Gasteiger partial charge is 0.308 e. The van der Waals surface area contributed by atoms with E-state index in [1.165, 1.54) is 6.07 Å². The van der Waals surface area contributed by atoms with Gasteiger partial charge in [0.25, 0.3) is 15.9 Å². The minimum absolute atomic E-state index is 0.0451. The van der Waals surface area contributed by atoms with E-state index in [1.54, 1.807) is 18.2 Å². The Balaban J connectivity index is 1.75. The van der Waals surface area contributed by atoms with E-state index in [4.69, 9.17) is 4.74 Å². The number of benzene rings is 1. The number of aliphatic imine (C=N–C) groups is 1. The Kier molecular flexibility index (Phi) is 7.14. The molecule has 1 heterocycles. The van der Waals surface area contributed by atoms with Crippen LogP contribution in [-0.2, 0) is 24.3 Å². The molecule has 9 heteroatoms. The van der Waals surface area contributed by atoms with E-state index >= 15 is 0 Å². The standard InChI is InChI=1S/C17H23N3O5S/c1-2-3-6-10-18-15(21)12-25-16(22)9-11-19-17-13-7-4-5-8-14(13)26(23,24)20-17/h4-5,7-8H,2-3,6,9-12H2,1H3,(H,18,21)(H,19,20). The fraction of sp³-hybridized carbons (Fsp3) is 0.471. The highest BCUT2D eigenvalue weighted by molar-refractivity contribution is 7.90. The monoisotopic (exact) mass is 381 g/mol. The first-order chi connectivity index (χ1) is 12.4. The van der Waals surface area contributed by atoms with Crippen molar-refractivity contribution >= 4 is 27.7 Å². The molecule has 142 valence electrons. The minimum atomic E-state index is -3.59. The van der Waals surface area contributed by atoms with E-state index in [1.807, 2.05) is 0 Å². The van der Waals surface area contributed by atoms with E-state index in [9.17, 15) is 18.0 Å². The number of carbonyl (C=O) groups excluding carboxylic acids is 2. The molecule has 0 atom stereocenters. The number of ether oxygens (including phenoxy) is 1. The van der Waals surface area contributed by atoms with Crippen LogP contribution >= 0.6 is 0 Å². The van der Waals surface area contributed by atoms with Gasteiger partial charge in [-0.15, -0.1) is 0 Å². The van der Waals surface area contributed by atoms with Gasteiger partial charge < -0.3 is 10.1 Å². The molecule has 2 rings (SSSR count). The van der Waals surface area contributed by atoms with Crippen LogP contribution in [0.3, 0.4) is 0 Å². The number of esters is 1. The van der Waals surface area contributed by atoms with Crippen molar-refractivity contribution in [1.29, 1.82) is 0 Å². The average molecular weight is 381 g/mol. The summed E-state index contributed by atoms with van der Waals surface area (Å²) in [6, 6.07) is 6.48. The van der Waals surface area contributed by atoms with Crippen molar-refractivity contribution in [3.63, 3.8) is 0 Å². The summed E-state index contributed by atoms with van der Waals surface area (Å²) < 4.78 is 31.1. The van der Waals surface area contributed by atoms with Crippen LogP contribution in [0.5, 0.6) is 0 Å². The van der Waals surface area contributed by atoms with Crippen LogP contribution in [-0.4, -0.2) is 45.8 Å². The summed E-state index contributed by atoms with van der Waals surface area (Å²) in [7, 11) is -3.59. The number of amidine groups is 1. The summed E-state index contributed by atoms with van der Waals surface area (Å²) in [5, 5.41) is 2.67. The number of hydrogen-bond acceptors (Lipinski definition) is 6. The molecule has 1 aliphatic rings. The Morgan fingerprint density at radius 2 is 2.00 bits per heavy atom. The van der Waals surface area contributed by atoms with Crippen LogP contribution in [0.2, 0.25) is 0 Å². The highest BCUT2D eigenvalue weighted by Gasteiger charge is 2.29. The van der Waals surface area contributed by atoms with Crippen molar-refractivity contribution in [3.8, 4) is 0 Å². The van der Waals surface area contributed by atoms with Gasteiger partial charge in [0, 0.05) is 12.1 Å². The third kappa shape index (κ3) is 5.55. The topological polar surface area (TPSA) is 114 Å². The molecule has 1 aromatic carbocycles. The number of sulfonamides is 1. The van der Waals surface area contributed by atoms with Gasteiger partial charge in [-0.3, -0.25) is 19.3 Å². The second-order valence-electron chi connectivity index (χ2n) is 5.80. The molecule has 0 fully saturated rings. The largest absolute Gasteiger partial charge is 0.456 e. The van der Waals surface area contributed by atoms with Crippen molar-refractivity contribution in [2.24, 2.45) is 4.99 Å². The average Bonchev–Trinajstić information content (AvgIpc) is 2.88. The molecule has 0 aliphatic carbocycles. The second-order valence-corrected chi connectivity index (χ2v) is 7.45. The molecule has 0 radical (unpaired) electrons. The Bertz CT molecular complexity index is 789. The number of carbonyl (C=O) groups is 2. The molecule has 0 aromatic heterocycles. The molecule has 1 aliphatic heterocycles. The zero-order valence-electron chi connectivity index (χ0n) is 14.7. The van der Waals surface area contributed by atoms with Gasteiger partial charge in [-0.2, -0.15) is 0 Å². The van der Waals surface area contributed by atoms with Gasteiger partial charge in [0.2, 0.25) is 0 Å². The number of hydrogen-bond donors (Lipinski definition) is 2. The van der Waals surface area contributed by atoms with Crippen LogP contribution in [0.1, 0.15) is 38.2 Å². The Morgan fingerprint density at radius 3 is 2.77 bits per heavy atom. The molecule has 2 N–H and O–H groups in total. The molecule has 1 aromatic rings. The van der Waals surface area contributed by atoms with Crippen LogP contribution < -0.4 is 10.0 Å². The zero-order chi connectivity index (χ0) is 19.0. The van der Waals surface area contributed by atoms with Crippen LogP contribution in [0.25, 0.3) is 0 Å². The van der Waals surface area contributed by atoms with Crippen LogP contribution in [0.15, 0.2) is 34.2 Å². The van der Waals surface area contributed by atoms with Gasteiger partial charge in [0.1, 0.15) is 5.84 Å². The normalized spacial score (nSPS) is 16.0. The summed E-state index contributed by atoms with van der Waals surface area (Å²) in [5.74, 6) is -0.687. The number of amides is 1. The lowest BCUT2D eigenvalue weighted by molar-refractivity contribution is -0.148. The van der Waals surface area contributed by atoms with Gasteiger partial charge in [-0.25, -0.2) is 8.42 Å². The number of fused-ring (bicyclic) bond motifs is 1. The van der Waals surface area contributed by atoms with Crippen molar-refractivity contribution in [3.05, 3.63) is 29.8 Å². The fourth-order valence-corrected chi connectivity index (χ4v) is 3.63. The van der Waals surface area contributed by atoms with Crippen LogP contribution in [0, 0.1) is 0 Å². The molecule has 8 nitrogen and oxygen atoms in total. The number of rotatable bonds is 9. The molecule has 1 amide bonds. The van der Waals surface area contributed by atoms with Crippen molar-refractivity contribution in [1.82, 2.24) is 10.0 Å². The van der Waals surface area contributed by atoms with E-state index in [0.717, 1.165) is 19.3 Å². The highest BCUT2D eigenvalue weighted by atomic mass is 32.2. The minimum Gasteiger partial charge on any atom is -0.456 e. The molecule has 0 bridgehead atoms. The number of nitrogens with zero attached hydrogens (tertiary/aromatic N) is 1. The van der Waals surface area contributed by atoms with Crippen molar-refractivity contribution < 1.29 is 22.7 Å².